The molecule has 242 valence electrons. The predicted octanol–water partition coefficient (Wildman–Crippen LogP) is 4.87. The molecule has 2 heterocycles. The molecule has 2 N–H and O–H groups in total. The number of nitrogens with zero attached hydrogens (tertiary/aromatic N) is 2. The van der Waals surface area contributed by atoms with E-state index in [1.807, 2.05) is 66.7 Å². The number of hydrogen-bond acceptors (Lipinski definition) is 6. The molecule has 0 bridgehead atoms. The number of carboxylic acid groups (broad SMARTS) is 1. The Labute approximate surface area is 269 Å². The SMILES string of the molecule is C[C@@H](OCc1ccccc1)[C@H](NC(=O)[C@H]1Cc2ccccc2N1C(=O)OC(C)(C)C)C(=O)N1Cc2ccccc2C[C@@H]1CC(=O)O. The van der Waals surface area contributed by atoms with Crippen molar-refractivity contribution >= 4 is 29.6 Å². The van der Waals surface area contributed by atoms with Gasteiger partial charge in [-0.15, -0.1) is 0 Å². The van der Waals surface area contributed by atoms with Crippen molar-refractivity contribution in [2.45, 2.75) is 89.9 Å². The standard InChI is InChI=1S/C36H41N3O7/c1-23(45-22-24-12-6-5-7-13-24)32(34(43)38-21-27-16-9-8-14-25(27)18-28(38)20-31(40)41)37-33(42)30-19-26-15-10-11-17-29(26)39(30)35(44)46-36(2,3)4/h5-17,23,28,30,32H,18-22H2,1-4H3,(H,37,42)(H,40,41)/t23-,28-,30-,32+/m1/s1. The molecule has 3 aromatic rings. The number of carbonyl (C=O) groups excluding carboxylic acids is 3. The molecule has 10 heteroatoms. The number of fused-ring (bicyclic) bond motifs is 2. The van der Waals surface area contributed by atoms with Gasteiger partial charge in [0.1, 0.15) is 17.7 Å². The van der Waals surface area contributed by atoms with E-state index in [0.29, 0.717) is 12.1 Å². The summed E-state index contributed by atoms with van der Waals surface area (Å²) in [7, 11) is 0. The van der Waals surface area contributed by atoms with Crippen LogP contribution < -0.4 is 10.2 Å². The molecule has 0 saturated heterocycles. The second-order valence-electron chi connectivity index (χ2n) is 12.9. The van der Waals surface area contributed by atoms with E-state index in [-0.39, 0.29) is 26.0 Å². The van der Waals surface area contributed by atoms with E-state index in [1.54, 1.807) is 44.7 Å². The molecule has 0 radical (unpaired) electrons. The summed E-state index contributed by atoms with van der Waals surface area (Å²) in [6.07, 6.45) is -1.09. The van der Waals surface area contributed by atoms with Crippen LogP contribution in [-0.2, 0) is 49.9 Å². The lowest BCUT2D eigenvalue weighted by Crippen LogP contribution is -2.60. The van der Waals surface area contributed by atoms with Crippen molar-refractivity contribution in [3.63, 3.8) is 0 Å². The summed E-state index contributed by atoms with van der Waals surface area (Å²) >= 11 is 0. The summed E-state index contributed by atoms with van der Waals surface area (Å²) in [6, 6.07) is 21.6. The number of ether oxygens (including phenoxy) is 2. The molecule has 46 heavy (non-hydrogen) atoms. The van der Waals surface area contributed by atoms with Crippen LogP contribution in [0, 0.1) is 0 Å². The van der Waals surface area contributed by atoms with Crippen molar-refractivity contribution in [3.8, 4) is 0 Å². The highest BCUT2D eigenvalue weighted by atomic mass is 16.6. The number of hydrogen-bond donors (Lipinski definition) is 2. The van der Waals surface area contributed by atoms with Crippen molar-refractivity contribution in [1.82, 2.24) is 10.2 Å². The summed E-state index contributed by atoms with van der Waals surface area (Å²) in [5.41, 5.74) is 3.38. The fourth-order valence-corrected chi connectivity index (χ4v) is 6.07. The minimum absolute atomic E-state index is 0.196. The first kappa shape index (κ1) is 32.7. The molecular weight excluding hydrogens is 586 g/mol. The van der Waals surface area contributed by atoms with E-state index in [9.17, 15) is 24.3 Å². The fraction of sp³-hybridized carbons (Fsp3) is 0.389. The van der Waals surface area contributed by atoms with E-state index >= 15 is 0 Å². The average molecular weight is 628 g/mol. The van der Waals surface area contributed by atoms with Gasteiger partial charge in [0.2, 0.25) is 11.8 Å². The highest BCUT2D eigenvalue weighted by Crippen LogP contribution is 2.34. The van der Waals surface area contributed by atoms with Crippen molar-refractivity contribution in [1.29, 1.82) is 0 Å². The van der Waals surface area contributed by atoms with E-state index in [4.69, 9.17) is 9.47 Å². The van der Waals surface area contributed by atoms with Crippen LogP contribution in [0.25, 0.3) is 0 Å². The van der Waals surface area contributed by atoms with Gasteiger partial charge in [0, 0.05) is 19.0 Å². The molecule has 0 unspecified atom stereocenters. The Morgan fingerprint density at radius 3 is 2.20 bits per heavy atom. The van der Waals surface area contributed by atoms with Gasteiger partial charge in [0.25, 0.3) is 0 Å². The average Bonchev–Trinajstić information content (AvgIpc) is 3.41. The molecule has 0 spiro atoms. The first-order valence-corrected chi connectivity index (χ1v) is 15.6. The van der Waals surface area contributed by atoms with Gasteiger partial charge in [0.15, 0.2) is 0 Å². The van der Waals surface area contributed by atoms with E-state index < -0.39 is 53.7 Å². The zero-order valence-corrected chi connectivity index (χ0v) is 26.6. The molecule has 10 nitrogen and oxygen atoms in total. The molecule has 4 atom stereocenters. The number of carbonyl (C=O) groups is 4. The lowest BCUT2D eigenvalue weighted by molar-refractivity contribution is -0.147. The highest BCUT2D eigenvalue weighted by Gasteiger charge is 2.44. The quantitative estimate of drug-likeness (QED) is 0.347. The van der Waals surface area contributed by atoms with Crippen LogP contribution in [0.15, 0.2) is 78.9 Å². The zero-order valence-electron chi connectivity index (χ0n) is 26.6. The Kier molecular flexibility index (Phi) is 9.76. The normalized spacial score (nSPS) is 18.6. The van der Waals surface area contributed by atoms with E-state index in [2.05, 4.69) is 5.32 Å². The predicted molar refractivity (Wildman–Crippen MR) is 172 cm³/mol. The van der Waals surface area contributed by atoms with Crippen LogP contribution in [0.2, 0.25) is 0 Å². The lowest BCUT2D eigenvalue weighted by atomic mass is 9.91. The number of aliphatic carboxylic acids is 1. The molecule has 0 aromatic heterocycles. The number of anilines is 1. The molecule has 2 aliphatic heterocycles. The monoisotopic (exact) mass is 627 g/mol. The second kappa shape index (κ2) is 13.7. The van der Waals surface area contributed by atoms with Gasteiger partial charge in [-0.05, 0) is 62.4 Å². The summed E-state index contributed by atoms with van der Waals surface area (Å²) in [5, 5.41) is 12.6. The number of carboxylic acids is 1. The van der Waals surface area contributed by atoms with Crippen LogP contribution in [0.4, 0.5) is 10.5 Å². The minimum Gasteiger partial charge on any atom is -0.481 e. The smallest absolute Gasteiger partial charge is 0.415 e. The van der Waals surface area contributed by atoms with Crippen LogP contribution >= 0.6 is 0 Å². The third kappa shape index (κ3) is 7.56. The van der Waals surface area contributed by atoms with Crippen LogP contribution in [0.1, 0.15) is 56.4 Å². The van der Waals surface area contributed by atoms with Crippen LogP contribution in [-0.4, -0.2) is 63.7 Å². The third-order valence-electron chi connectivity index (χ3n) is 8.31. The Morgan fingerprint density at radius 2 is 1.52 bits per heavy atom. The van der Waals surface area contributed by atoms with Gasteiger partial charge in [-0.2, -0.15) is 0 Å². The number of para-hydroxylation sites is 1. The number of amides is 3. The molecular formula is C36H41N3O7. The summed E-state index contributed by atoms with van der Waals surface area (Å²) < 4.78 is 11.8. The number of rotatable bonds is 9. The summed E-state index contributed by atoms with van der Waals surface area (Å²) in [6.45, 7) is 7.38. The maximum atomic E-state index is 14.5. The molecule has 0 aliphatic carbocycles. The van der Waals surface area contributed by atoms with Gasteiger partial charge in [-0.1, -0.05) is 72.8 Å². The zero-order chi connectivity index (χ0) is 33.0. The van der Waals surface area contributed by atoms with Gasteiger partial charge < -0.3 is 24.8 Å². The Balaban J connectivity index is 1.45. The van der Waals surface area contributed by atoms with Crippen LogP contribution in [0.3, 0.4) is 0 Å². The molecule has 3 aromatic carbocycles. The van der Waals surface area contributed by atoms with Gasteiger partial charge in [0.05, 0.1) is 24.8 Å². The summed E-state index contributed by atoms with van der Waals surface area (Å²) in [4.78, 5) is 56.8. The lowest BCUT2D eigenvalue weighted by Gasteiger charge is -2.39. The first-order chi connectivity index (χ1) is 21.9. The van der Waals surface area contributed by atoms with Gasteiger partial charge >= 0.3 is 12.1 Å². The molecule has 5 rings (SSSR count). The molecule has 0 saturated carbocycles. The topological polar surface area (TPSA) is 125 Å². The molecule has 0 fully saturated rings. The Morgan fingerprint density at radius 1 is 0.891 bits per heavy atom. The van der Waals surface area contributed by atoms with Crippen molar-refractivity contribution in [3.05, 3.63) is 101 Å². The number of nitrogens with one attached hydrogen (secondary N) is 1. The van der Waals surface area contributed by atoms with Gasteiger partial charge in [-0.25, -0.2) is 4.79 Å². The van der Waals surface area contributed by atoms with Crippen molar-refractivity contribution in [2.24, 2.45) is 0 Å². The van der Waals surface area contributed by atoms with Gasteiger partial charge in [-0.3, -0.25) is 19.3 Å². The third-order valence-corrected chi connectivity index (χ3v) is 8.31. The highest BCUT2D eigenvalue weighted by molar-refractivity contribution is 6.02. The largest absolute Gasteiger partial charge is 0.481 e. The molecule has 2 aliphatic rings. The Bertz CT molecular complexity index is 1590. The first-order valence-electron chi connectivity index (χ1n) is 15.6. The van der Waals surface area contributed by atoms with Crippen molar-refractivity contribution < 1.29 is 33.8 Å². The maximum absolute atomic E-state index is 14.5. The Hall–Kier alpha value is -4.70. The van der Waals surface area contributed by atoms with E-state index in [0.717, 1.165) is 22.3 Å². The fourth-order valence-electron chi connectivity index (χ4n) is 6.07. The molecule has 3 amide bonds. The number of benzene rings is 3. The van der Waals surface area contributed by atoms with Crippen LogP contribution in [0.5, 0.6) is 0 Å². The van der Waals surface area contributed by atoms with E-state index in [1.165, 1.54) is 4.90 Å². The minimum atomic E-state index is -1.16. The summed E-state index contributed by atoms with van der Waals surface area (Å²) in [5.74, 6) is -2.01. The van der Waals surface area contributed by atoms with Crippen molar-refractivity contribution in [2.75, 3.05) is 4.90 Å². The second-order valence-corrected chi connectivity index (χ2v) is 12.9. The maximum Gasteiger partial charge on any atom is 0.415 e.